The fraction of sp³-hybridized carbons (Fsp3) is 0.286. The Kier molecular flexibility index (Phi) is 2.14. The third-order valence-corrected chi connectivity index (χ3v) is 1.85. The Hall–Kier alpha value is -1.93. The number of nitrogens with zero attached hydrogens (tertiary/aromatic N) is 5. The molecule has 0 amide bonds. The van der Waals surface area contributed by atoms with Gasteiger partial charge in [0.1, 0.15) is 5.52 Å². The highest BCUT2D eigenvalue weighted by atomic mass is 16.5. The number of fused-ring (bicyclic) bond motifs is 1. The molecule has 8 nitrogen and oxygen atoms in total. The van der Waals surface area contributed by atoms with Crippen LogP contribution < -0.4 is 10.1 Å². The van der Waals surface area contributed by atoms with Crippen LogP contribution in [-0.4, -0.2) is 44.4 Å². The predicted molar refractivity (Wildman–Crippen MR) is 52.1 cm³/mol. The first-order chi connectivity index (χ1) is 7.09. The lowest BCUT2D eigenvalue weighted by Gasteiger charge is -2.13. The van der Waals surface area contributed by atoms with Gasteiger partial charge in [-0.05, 0) is 0 Å². The van der Waals surface area contributed by atoms with Crippen LogP contribution in [0.2, 0.25) is 0 Å². The minimum atomic E-state index is 0.0606. The van der Waals surface area contributed by atoms with Crippen LogP contribution in [0.3, 0.4) is 0 Å². The van der Waals surface area contributed by atoms with Gasteiger partial charge in [0, 0.05) is 14.1 Å². The van der Waals surface area contributed by atoms with E-state index >= 15 is 0 Å². The van der Waals surface area contributed by atoms with E-state index in [-0.39, 0.29) is 11.8 Å². The molecule has 2 heterocycles. The number of aromatic nitrogens is 4. The zero-order chi connectivity index (χ0) is 11.0. The third-order valence-electron chi connectivity index (χ3n) is 1.85. The van der Waals surface area contributed by atoms with Crippen molar-refractivity contribution in [3.8, 4) is 0 Å². The SMILES string of the molecule is CN(O)c1nc(N(C)O)c2[nH]cnc2n1. The maximum absolute atomic E-state index is 9.34. The molecule has 0 aliphatic rings. The highest BCUT2D eigenvalue weighted by molar-refractivity contribution is 5.83. The molecule has 0 saturated carbocycles. The Balaban J connectivity index is 2.69. The standard InChI is InChI=1S/C7H10N6O2/c1-12(14)6-4-5(9-3-8-4)10-7(11-6)13(2)15/h3,14-15H,1-2H3,(H,8,9,10,11). The van der Waals surface area contributed by atoms with E-state index in [9.17, 15) is 10.4 Å². The summed E-state index contributed by atoms with van der Waals surface area (Å²) in [5.74, 6) is 0.305. The Morgan fingerprint density at radius 3 is 2.53 bits per heavy atom. The van der Waals surface area contributed by atoms with Gasteiger partial charge in [0.15, 0.2) is 11.5 Å². The van der Waals surface area contributed by atoms with Crippen molar-refractivity contribution >= 4 is 22.9 Å². The molecule has 0 spiro atoms. The van der Waals surface area contributed by atoms with Crippen molar-refractivity contribution < 1.29 is 10.4 Å². The first-order valence-corrected chi connectivity index (χ1v) is 4.16. The molecule has 15 heavy (non-hydrogen) atoms. The van der Waals surface area contributed by atoms with Crippen molar-refractivity contribution in [3.05, 3.63) is 6.33 Å². The van der Waals surface area contributed by atoms with Gasteiger partial charge in [0.2, 0.25) is 0 Å². The number of rotatable bonds is 2. The average molecular weight is 210 g/mol. The Bertz CT molecular complexity index is 479. The van der Waals surface area contributed by atoms with Gasteiger partial charge in [-0.1, -0.05) is 0 Å². The van der Waals surface area contributed by atoms with Crippen LogP contribution in [0, 0.1) is 0 Å². The van der Waals surface area contributed by atoms with Gasteiger partial charge >= 0.3 is 0 Å². The largest absolute Gasteiger partial charge is 0.340 e. The van der Waals surface area contributed by atoms with Crippen molar-refractivity contribution in [2.75, 3.05) is 24.2 Å². The summed E-state index contributed by atoms with van der Waals surface area (Å²) in [6.45, 7) is 0. The van der Waals surface area contributed by atoms with Crippen LogP contribution in [0.5, 0.6) is 0 Å². The number of hydrogen-bond donors (Lipinski definition) is 3. The first-order valence-electron chi connectivity index (χ1n) is 4.16. The van der Waals surface area contributed by atoms with Crippen molar-refractivity contribution in [3.63, 3.8) is 0 Å². The summed E-state index contributed by atoms with van der Waals surface area (Å²) in [4.78, 5) is 14.6. The van der Waals surface area contributed by atoms with E-state index in [1.807, 2.05) is 0 Å². The summed E-state index contributed by atoms with van der Waals surface area (Å²) in [5.41, 5.74) is 0.877. The molecule has 80 valence electrons. The van der Waals surface area contributed by atoms with Crippen LogP contribution >= 0.6 is 0 Å². The number of anilines is 2. The summed E-state index contributed by atoms with van der Waals surface area (Å²) in [5, 5.41) is 20.1. The number of imidazole rings is 1. The number of H-pyrrole nitrogens is 1. The van der Waals surface area contributed by atoms with E-state index in [1.165, 1.54) is 20.4 Å². The molecule has 0 unspecified atom stereocenters. The first kappa shape index (κ1) is 9.62. The zero-order valence-corrected chi connectivity index (χ0v) is 8.21. The van der Waals surface area contributed by atoms with Crippen molar-refractivity contribution in [1.29, 1.82) is 0 Å². The van der Waals surface area contributed by atoms with Crippen molar-refractivity contribution in [2.45, 2.75) is 0 Å². The Labute approximate surface area is 84.7 Å². The molecule has 0 bridgehead atoms. The number of hydrogen-bond acceptors (Lipinski definition) is 7. The number of aromatic amines is 1. The van der Waals surface area contributed by atoms with E-state index in [2.05, 4.69) is 19.9 Å². The minimum Gasteiger partial charge on any atom is -0.340 e. The molecular weight excluding hydrogens is 200 g/mol. The van der Waals surface area contributed by atoms with E-state index in [0.717, 1.165) is 10.1 Å². The average Bonchev–Trinajstić information content (AvgIpc) is 2.62. The third kappa shape index (κ3) is 1.55. The second kappa shape index (κ2) is 3.33. The number of nitrogens with one attached hydrogen (secondary N) is 1. The van der Waals surface area contributed by atoms with Crippen LogP contribution in [0.1, 0.15) is 0 Å². The molecule has 0 aliphatic heterocycles. The molecule has 3 N–H and O–H groups in total. The van der Waals surface area contributed by atoms with E-state index < -0.39 is 0 Å². The maximum atomic E-state index is 9.34. The fourth-order valence-electron chi connectivity index (χ4n) is 1.19. The molecule has 0 atom stereocenters. The summed E-state index contributed by atoms with van der Waals surface area (Å²) < 4.78 is 0. The molecule has 2 rings (SSSR count). The molecule has 8 heteroatoms. The van der Waals surface area contributed by atoms with Crippen LogP contribution in [0.25, 0.3) is 11.2 Å². The summed E-state index contributed by atoms with van der Waals surface area (Å²) >= 11 is 0. The van der Waals surface area contributed by atoms with Gasteiger partial charge < -0.3 is 4.98 Å². The van der Waals surface area contributed by atoms with E-state index in [0.29, 0.717) is 11.2 Å². The van der Waals surface area contributed by atoms with Crippen molar-refractivity contribution in [2.24, 2.45) is 0 Å². The molecule has 2 aromatic heterocycles. The topological polar surface area (TPSA) is 101 Å². The lowest BCUT2D eigenvalue weighted by molar-refractivity contribution is 0.267. The number of hydroxylamine groups is 2. The lowest BCUT2D eigenvalue weighted by atomic mass is 10.5. The molecule has 0 radical (unpaired) electrons. The summed E-state index contributed by atoms with van der Waals surface area (Å²) in [7, 11) is 2.80. The Morgan fingerprint density at radius 1 is 1.20 bits per heavy atom. The van der Waals surface area contributed by atoms with Gasteiger partial charge in [-0.25, -0.2) is 15.1 Å². The molecule has 0 aromatic carbocycles. The molecule has 2 aromatic rings. The van der Waals surface area contributed by atoms with Crippen molar-refractivity contribution in [1.82, 2.24) is 19.9 Å². The highest BCUT2D eigenvalue weighted by Gasteiger charge is 2.13. The molecule has 0 saturated heterocycles. The Morgan fingerprint density at radius 2 is 1.93 bits per heavy atom. The quantitative estimate of drug-likeness (QED) is 0.600. The molecule has 0 aliphatic carbocycles. The normalized spacial score (nSPS) is 10.7. The molecule has 0 fully saturated rings. The van der Waals surface area contributed by atoms with E-state index in [1.54, 1.807) is 0 Å². The van der Waals surface area contributed by atoms with Gasteiger partial charge in [0.25, 0.3) is 5.95 Å². The fourth-order valence-corrected chi connectivity index (χ4v) is 1.19. The smallest absolute Gasteiger partial charge is 0.253 e. The van der Waals surface area contributed by atoms with Gasteiger partial charge in [-0.15, -0.1) is 0 Å². The second-order valence-corrected chi connectivity index (χ2v) is 3.00. The highest BCUT2D eigenvalue weighted by Crippen LogP contribution is 2.21. The van der Waals surface area contributed by atoms with Crippen LogP contribution in [-0.2, 0) is 0 Å². The predicted octanol–water partition coefficient (Wildman–Crippen LogP) is 0.00370. The monoisotopic (exact) mass is 210 g/mol. The maximum Gasteiger partial charge on any atom is 0.253 e. The van der Waals surface area contributed by atoms with Gasteiger partial charge in [-0.3, -0.25) is 10.4 Å². The van der Waals surface area contributed by atoms with Gasteiger partial charge in [-0.2, -0.15) is 9.97 Å². The van der Waals surface area contributed by atoms with Gasteiger partial charge in [0.05, 0.1) is 6.33 Å². The summed E-state index contributed by atoms with van der Waals surface area (Å²) in [6.07, 6.45) is 1.44. The second-order valence-electron chi connectivity index (χ2n) is 3.00. The summed E-state index contributed by atoms with van der Waals surface area (Å²) in [6, 6.07) is 0. The van der Waals surface area contributed by atoms with E-state index in [4.69, 9.17) is 0 Å². The van der Waals surface area contributed by atoms with Crippen LogP contribution in [0.4, 0.5) is 11.8 Å². The zero-order valence-electron chi connectivity index (χ0n) is 8.21. The minimum absolute atomic E-state index is 0.0606. The molecular formula is C7H10N6O2. The lowest BCUT2D eigenvalue weighted by Crippen LogP contribution is -2.18. The van der Waals surface area contributed by atoms with Crippen LogP contribution in [0.15, 0.2) is 6.33 Å².